The van der Waals surface area contributed by atoms with E-state index in [1.165, 1.54) is 36.3 Å². The van der Waals surface area contributed by atoms with Crippen LogP contribution in [0.4, 0.5) is 5.69 Å². The highest BCUT2D eigenvalue weighted by Gasteiger charge is 2.30. The third kappa shape index (κ3) is 5.42. The zero-order valence-electron chi connectivity index (χ0n) is 20.6. The zero-order chi connectivity index (χ0) is 25.3. The Hall–Kier alpha value is -2.91. The van der Waals surface area contributed by atoms with Crippen LogP contribution >= 0.6 is 0 Å². The van der Waals surface area contributed by atoms with Crippen molar-refractivity contribution in [3.8, 4) is 5.75 Å². The molecule has 5 rings (SSSR count). The largest absolute Gasteiger partial charge is 0.490 e. The summed E-state index contributed by atoms with van der Waals surface area (Å²) in [7, 11) is -3.42. The molecule has 3 fully saturated rings. The Balaban J connectivity index is 1.15. The van der Waals surface area contributed by atoms with Crippen molar-refractivity contribution in [2.24, 2.45) is 0 Å². The second-order valence-electron chi connectivity index (χ2n) is 10.0. The molecule has 0 atom stereocenters. The number of sulfone groups is 1. The van der Waals surface area contributed by atoms with Gasteiger partial charge in [-0.25, -0.2) is 8.42 Å². The van der Waals surface area contributed by atoms with Crippen LogP contribution in [0.2, 0.25) is 0 Å². The first-order chi connectivity index (χ1) is 17.3. The van der Waals surface area contributed by atoms with Gasteiger partial charge in [0.15, 0.2) is 9.84 Å². The number of rotatable bonds is 6. The summed E-state index contributed by atoms with van der Waals surface area (Å²) >= 11 is 0. The first-order valence-electron chi connectivity index (χ1n) is 12.7. The van der Waals surface area contributed by atoms with Gasteiger partial charge < -0.3 is 19.4 Å². The second kappa shape index (κ2) is 10.2. The van der Waals surface area contributed by atoms with E-state index in [0.717, 1.165) is 49.7 Å². The average molecular weight is 512 g/mol. The summed E-state index contributed by atoms with van der Waals surface area (Å²) in [5.41, 5.74) is 1.04. The number of likely N-dealkylation sites (tertiary alicyclic amines) is 1. The van der Waals surface area contributed by atoms with E-state index in [9.17, 15) is 18.0 Å². The molecule has 0 unspecified atom stereocenters. The topological polar surface area (TPSA) is 87.2 Å². The van der Waals surface area contributed by atoms with E-state index >= 15 is 0 Å². The first-order valence-corrected chi connectivity index (χ1v) is 14.6. The number of hydrogen-bond acceptors (Lipinski definition) is 6. The molecule has 2 aromatic rings. The number of anilines is 1. The quantitative estimate of drug-likeness (QED) is 0.593. The van der Waals surface area contributed by atoms with Gasteiger partial charge in [-0.15, -0.1) is 0 Å². The number of carbonyl (C=O) groups excluding carboxylic acids is 2. The summed E-state index contributed by atoms with van der Waals surface area (Å²) in [6.45, 7) is 2.88. The zero-order valence-corrected chi connectivity index (χ0v) is 21.5. The Bertz CT molecular complexity index is 1220. The third-order valence-corrected chi connectivity index (χ3v) is 8.65. The number of benzene rings is 2. The molecule has 1 aliphatic carbocycles. The van der Waals surface area contributed by atoms with Gasteiger partial charge in [-0.3, -0.25) is 9.59 Å². The van der Waals surface area contributed by atoms with Crippen LogP contribution < -0.4 is 9.64 Å². The molecule has 192 valence electrons. The van der Waals surface area contributed by atoms with E-state index in [1.54, 1.807) is 17.0 Å². The molecule has 0 N–H and O–H groups in total. The van der Waals surface area contributed by atoms with Crippen molar-refractivity contribution in [1.82, 2.24) is 9.80 Å². The summed E-state index contributed by atoms with van der Waals surface area (Å²) in [5, 5.41) is 0. The Morgan fingerprint density at radius 3 is 2.28 bits per heavy atom. The van der Waals surface area contributed by atoms with E-state index < -0.39 is 9.84 Å². The minimum Gasteiger partial charge on any atom is -0.490 e. The van der Waals surface area contributed by atoms with E-state index in [-0.39, 0.29) is 34.9 Å². The van der Waals surface area contributed by atoms with Gasteiger partial charge in [0.25, 0.3) is 5.91 Å². The highest BCUT2D eigenvalue weighted by atomic mass is 32.2. The number of piperazine rings is 1. The minimum atomic E-state index is -3.42. The van der Waals surface area contributed by atoms with Gasteiger partial charge in [-0.2, -0.15) is 0 Å². The highest BCUT2D eigenvalue weighted by Crippen LogP contribution is 2.29. The standard InChI is InChI=1S/C27H33N3O5S/c1-36(33,34)25-7-2-4-20(18-25)27(32)29-16-17-30(26(31)19-29)22-8-10-23(11-9-22)35-24-12-14-28(15-13-24)21-5-3-6-21/h2,4,7-11,18,21,24H,3,5-6,12-17,19H2,1H3. The van der Waals surface area contributed by atoms with Crippen LogP contribution in [0.15, 0.2) is 53.4 Å². The van der Waals surface area contributed by atoms with Crippen LogP contribution in [0.3, 0.4) is 0 Å². The summed E-state index contributed by atoms with van der Waals surface area (Å²) < 4.78 is 29.9. The molecule has 36 heavy (non-hydrogen) atoms. The Morgan fingerprint density at radius 2 is 1.67 bits per heavy atom. The van der Waals surface area contributed by atoms with Crippen LogP contribution in [0.1, 0.15) is 42.5 Å². The van der Waals surface area contributed by atoms with Gasteiger partial charge in [0.05, 0.1) is 4.90 Å². The van der Waals surface area contributed by atoms with Crippen LogP contribution in [0.25, 0.3) is 0 Å². The fraction of sp³-hybridized carbons (Fsp3) is 0.481. The molecule has 1 saturated carbocycles. The van der Waals surface area contributed by atoms with Crippen molar-refractivity contribution in [1.29, 1.82) is 0 Å². The maximum Gasteiger partial charge on any atom is 0.254 e. The number of piperidine rings is 1. The Morgan fingerprint density at radius 1 is 0.944 bits per heavy atom. The molecule has 0 aromatic heterocycles. The number of carbonyl (C=O) groups is 2. The molecule has 0 bridgehead atoms. The van der Waals surface area contributed by atoms with Crippen molar-refractivity contribution < 1.29 is 22.7 Å². The average Bonchev–Trinajstić information content (AvgIpc) is 2.84. The molecule has 2 saturated heterocycles. The lowest BCUT2D eigenvalue weighted by molar-refractivity contribution is -0.120. The highest BCUT2D eigenvalue weighted by molar-refractivity contribution is 7.90. The molecule has 2 heterocycles. The van der Waals surface area contributed by atoms with Gasteiger partial charge >= 0.3 is 0 Å². The molecule has 2 aliphatic heterocycles. The summed E-state index contributed by atoms with van der Waals surface area (Å²) in [4.78, 5) is 31.6. The van der Waals surface area contributed by atoms with Crippen LogP contribution in [0, 0.1) is 0 Å². The lowest BCUT2D eigenvalue weighted by atomic mass is 9.90. The molecular weight excluding hydrogens is 478 g/mol. The molecule has 2 amide bonds. The Labute approximate surface area is 212 Å². The number of ether oxygens (including phenoxy) is 1. The van der Waals surface area contributed by atoms with Crippen molar-refractivity contribution in [2.75, 3.05) is 43.9 Å². The van der Waals surface area contributed by atoms with Gasteiger partial charge in [0.2, 0.25) is 5.91 Å². The normalized spacial score (nSPS) is 20.3. The fourth-order valence-electron chi connectivity index (χ4n) is 5.17. The molecular formula is C27H33N3O5S. The predicted octanol–water partition coefficient (Wildman–Crippen LogP) is 2.97. The van der Waals surface area contributed by atoms with Crippen molar-refractivity contribution in [3.05, 3.63) is 54.1 Å². The molecule has 9 heteroatoms. The van der Waals surface area contributed by atoms with Gasteiger partial charge in [0.1, 0.15) is 18.4 Å². The molecule has 2 aromatic carbocycles. The van der Waals surface area contributed by atoms with Crippen LogP contribution in [-0.2, 0) is 14.6 Å². The van der Waals surface area contributed by atoms with Gasteiger partial charge in [0, 0.05) is 49.7 Å². The summed E-state index contributed by atoms with van der Waals surface area (Å²) in [6, 6.07) is 14.3. The van der Waals surface area contributed by atoms with E-state index in [2.05, 4.69) is 4.90 Å². The number of nitrogens with zero attached hydrogens (tertiary/aromatic N) is 3. The van der Waals surface area contributed by atoms with Crippen molar-refractivity contribution in [3.63, 3.8) is 0 Å². The lowest BCUT2D eigenvalue weighted by Gasteiger charge is -2.41. The molecule has 0 radical (unpaired) electrons. The predicted molar refractivity (Wildman–Crippen MR) is 137 cm³/mol. The van der Waals surface area contributed by atoms with Gasteiger partial charge in [-0.1, -0.05) is 12.5 Å². The van der Waals surface area contributed by atoms with Crippen molar-refractivity contribution in [2.45, 2.75) is 49.1 Å². The first kappa shape index (κ1) is 24.8. The summed E-state index contributed by atoms with van der Waals surface area (Å²) in [5.74, 6) is 0.291. The number of hydrogen-bond donors (Lipinski definition) is 0. The van der Waals surface area contributed by atoms with Gasteiger partial charge in [-0.05, 0) is 68.1 Å². The lowest BCUT2D eigenvalue weighted by Crippen LogP contribution is -2.52. The smallest absolute Gasteiger partial charge is 0.254 e. The maximum atomic E-state index is 12.9. The second-order valence-corrected chi connectivity index (χ2v) is 12.0. The third-order valence-electron chi connectivity index (χ3n) is 7.54. The molecule has 0 spiro atoms. The van der Waals surface area contributed by atoms with E-state index in [4.69, 9.17) is 4.74 Å². The molecule has 3 aliphatic rings. The van der Waals surface area contributed by atoms with E-state index in [0.29, 0.717) is 13.1 Å². The van der Waals surface area contributed by atoms with Crippen LogP contribution in [0.5, 0.6) is 5.75 Å². The number of amides is 2. The Kier molecular flexibility index (Phi) is 7.03. The minimum absolute atomic E-state index is 0.0558. The van der Waals surface area contributed by atoms with E-state index in [1.807, 2.05) is 24.3 Å². The van der Waals surface area contributed by atoms with Crippen LogP contribution in [-0.4, -0.2) is 81.2 Å². The fourth-order valence-corrected chi connectivity index (χ4v) is 5.84. The maximum absolute atomic E-state index is 12.9. The SMILES string of the molecule is CS(=O)(=O)c1cccc(C(=O)N2CCN(c3ccc(OC4CCN(C5CCC5)CC4)cc3)C(=O)C2)c1. The monoisotopic (exact) mass is 511 g/mol. The van der Waals surface area contributed by atoms with Crippen molar-refractivity contribution >= 4 is 27.3 Å². The molecule has 8 nitrogen and oxygen atoms in total. The summed E-state index contributed by atoms with van der Waals surface area (Å²) in [6.07, 6.45) is 7.45.